The predicted molar refractivity (Wildman–Crippen MR) is 110 cm³/mol. The lowest BCUT2D eigenvalue weighted by Crippen LogP contribution is -2.54. The quantitative estimate of drug-likeness (QED) is 0.826. The molecule has 0 N–H and O–H groups in total. The number of piperazine rings is 1. The van der Waals surface area contributed by atoms with Crippen molar-refractivity contribution < 1.29 is 9.59 Å². The zero-order valence-corrected chi connectivity index (χ0v) is 16.4. The summed E-state index contributed by atoms with van der Waals surface area (Å²) in [6.45, 7) is 5.46. The van der Waals surface area contributed by atoms with Crippen molar-refractivity contribution in [2.75, 3.05) is 37.6 Å². The van der Waals surface area contributed by atoms with Crippen LogP contribution in [0.25, 0.3) is 0 Å². The number of para-hydroxylation sites is 1. The standard InChI is InChI=1S/C23H27N3O2/c1-2-21(27)26-13-12-18-8-6-7-11-20(18)22(26)23(28)25-16-14-24(15-17-25)19-9-4-3-5-10-19/h3-11,22H,2,12-17H2,1H3/t22-/m0/s1. The van der Waals surface area contributed by atoms with Crippen LogP contribution in [-0.4, -0.2) is 54.3 Å². The van der Waals surface area contributed by atoms with Crippen LogP contribution < -0.4 is 4.90 Å². The molecule has 1 atom stereocenters. The van der Waals surface area contributed by atoms with E-state index in [0.717, 1.165) is 25.1 Å². The fourth-order valence-corrected chi connectivity index (χ4v) is 4.30. The molecule has 4 rings (SSSR count). The van der Waals surface area contributed by atoms with E-state index in [4.69, 9.17) is 0 Å². The SMILES string of the molecule is CCC(=O)N1CCc2ccccc2[C@H]1C(=O)N1CCN(c2ccccc2)CC1. The second kappa shape index (κ2) is 8.05. The summed E-state index contributed by atoms with van der Waals surface area (Å²) in [7, 11) is 0. The summed E-state index contributed by atoms with van der Waals surface area (Å²) in [5, 5.41) is 0. The number of hydrogen-bond donors (Lipinski definition) is 0. The lowest BCUT2D eigenvalue weighted by Gasteiger charge is -2.42. The fourth-order valence-electron chi connectivity index (χ4n) is 4.30. The minimum Gasteiger partial charge on any atom is -0.368 e. The number of carbonyl (C=O) groups excluding carboxylic acids is 2. The predicted octanol–water partition coefficient (Wildman–Crippen LogP) is 2.87. The summed E-state index contributed by atoms with van der Waals surface area (Å²) < 4.78 is 0. The molecule has 5 heteroatoms. The van der Waals surface area contributed by atoms with E-state index in [0.29, 0.717) is 26.1 Å². The first kappa shape index (κ1) is 18.5. The molecule has 2 aromatic carbocycles. The van der Waals surface area contributed by atoms with Crippen LogP contribution in [-0.2, 0) is 16.0 Å². The van der Waals surface area contributed by atoms with Gasteiger partial charge in [-0.25, -0.2) is 0 Å². The molecule has 28 heavy (non-hydrogen) atoms. The molecule has 2 amide bonds. The summed E-state index contributed by atoms with van der Waals surface area (Å²) >= 11 is 0. The van der Waals surface area contributed by atoms with E-state index >= 15 is 0 Å². The number of anilines is 1. The maximum absolute atomic E-state index is 13.5. The van der Waals surface area contributed by atoms with Gasteiger partial charge in [0.15, 0.2) is 0 Å². The number of rotatable bonds is 3. The molecule has 1 saturated heterocycles. The summed E-state index contributed by atoms with van der Waals surface area (Å²) in [4.78, 5) is 32.1. The van der Waals surface area contributed by atoms with Crippen LogP contribution in [0.15, 0.2) is 54.6 Å². The molecular formula is C23H27N3O2. The Kier molecular flexibility index (Phi) is 5.33. The van der Waals surface area contributed by atoms with Crippen molar-refractivity contribution in [2.24, 2.45) is 0 Å². The van der Waals surface area contributed by atoms with Crippen molar-refractivity contribution in [1.29, 1.82) is 0 Å². The number of benzene rings is 2. The Bertz CT molecular complexity index is 844. The van der Waals surface area contributed by atoms with Gasteiger partial charge in [-0.2, -0.15) is 0 Å². The molecule has 0 bridgehead atoms. The molecule has 0 spiro atoms. The van der Waals surface area contributed by atoms with Gasteiger partial charge in [-0.1, -0.05) is 49.4 Å². The van der Waals surface area contributed by atoms with Crippen molar-refractivity contribution in [3.63, 3.8) is 0 Å². The second-order valence-electron chi connectivity index (χ2n) is 7.44. The molecule has 0 unspecified atom stereocenters. The molecule has 0 radical (unpaired) electrons. The summed E-state index contributed by atoms with van der Waals surface area (Å²) in [5.74, 6) is 0.109. The van der Waals surface area contributed by atoms with E-state index in [1.807, 2.05) is 48.2 Å². The summed E-state index contributed by atoms with van der Waals surface area (Å²) in [6.07, 6.45) is 1.24. The lowest BCUT2D eigenvalue weighted by atomic mass is 9.91. The summed E-state index contributed by atoms with van der Waals surface area (Å²) in [5.41, 5.74) is 3.37. The first-order chi connectivity index (χ1) is 13.7. The number of nitrogens with zero attached hydrogens (tertiary/aromatic N) is 3. The average molecular weight is 377 g/mol. The Morgan fingerprint density at radius 1 is 0.893 bits per heavy atom. The van der Waals surface area contributed by atoms with Gasteiger partial charge in [0.25, 0.3) is 0 Å². The normalized spacial score (nSPS) is 19.3. The van der Waals surface area contributed by atoms with E-state index in [9.17, 15) is 9.59 Å². The number of fused-ring (bicyclic) bond motifs is 1. The average Bonchev–Trinajstić information content (AvgIpc) is 2.78. The first-order valence-electron chi connectivity index (χ1n) is 10.1. The van der Waals surface area contributed by atoms with Gasteiger partial charge in [0.05, 0.1) is 0 Å². The molecule has 0 aliphatic carbocycles. The zero-order chi connectivity index (χ0) is 19.5. The van der Waals surface area contributed by atoms with Crippen molar-refractivity contribution in [3.05, 3.63) is 65.7 Å². The van der Waals surface area contributed by atoms with Crippen LogP contribution in [0.3, 0.4) is 0 Å². The molecule has 5 nitrogen and oxygen atoms in total. The largest absolute Gasteiger partial charge is 0.368 e. The third-order valence-electron chi connectivity index (χ3n) is 5.85. The molecule has 0 saturated carbocycles. The molecule has 2 aromatic rings. The minimum absolute atomic E-state index is 0.0516. The van der Waals surface area contributed by atoms with E-state index in [1.54, 1.807) is 4.90 Å². The second-order valence-corrected chi connectivity index (χ2v) is 7.44. The molecular weight excluding hydrogens is 350 g/mol. The van der Waals surface area contributed by atoms with E-state index in [-0.39, 0.29) is 11.8 Å². The first-order valence-corrected chi connectivity index (χ1v) is 10.1. The monoisotopic (exact) mass is 377 g/mol. The third-order valence-corrected chi connectivity index (χ3v) is 5.85. The van der Waals surface area contributed by atoms with Gasteiger partial charge < -0.3 is 14.7 Å². The Balaban J connectivity index is 1.53. The van der Waals surface area contributed by atoms with Crippen molar-refractivity contribution in [1.82, 2.24) is 9.80 Å². The summed E-state index contributed by atoms with van der Waals surface area (Å²) in [6, 6.07) is 17.9. The molecule has 0 aromatic heterocycles. The molecule has 2 aliphatic rings. The van der Waals surface area contributed by atoms with Crippen molar-refractivity contribution >= 4 is 17.5 Å². The van der Waals surface area contributed by atoms with E-state index in [2.05, 4.69) is 23.1 Å². The van der Waals surface area contributed by atoms with Crippen LogP contribution in [0.4, 0.5) is 5.69 Å². The van der Waals surface area contributed by atoms with Crippen LogP contribution in [0.1, 0.15) is 30.5 Å². The van der Waals surface area contributed by atoms with Crippen molar-refractivity contribution in [2.45, 2.75) is 25.8 Å². The van der Waals surface area contributed by atoms with Crippen LogP contribution in [0.5, 0.6) is 0 Å². The van der Waals surface area contributed by atoms with Gasteiger partial charge in [0, 0.05) is 44.8 Å². The topological polar surface area (TPSA) is 43.9 Å². The van der Waals surface area contributed by atoms with Crippen LogP contribution >= 0.6 is 0 Å². The van der Waals surface area contributed by atoms with E-state index in [1.165, 1.54) is 11.3 Å². The Labute approximate surface area is 166 Å². The van der Waals surface area contributed by atoms with Gasteiger partial charge in [0.1, 0.15) is 6.04 Å². The van der Waals surface area contributed by atoms with E-state index < -0.39 is 6.04 Å². The van der Waals surface area contributed by atoms with Gasteiger partial charge in [-0.3, -0.25) is 9.59 Å². The van der Waals surface area contributed by atoms with Gasteiger partial charge in [-0.15, -0.1) is 0 Å². The minimum atomic E-state index is -0.485. The Morgan fingerprint density at radius 2 is 1.57 bits per heavy atom. The zero-order valence-electron chi connectivity index (χ0n) is 16.4. The smallest absolute Gasteiger partial charge is 0.250 e. The Hall–Kier alpha value is -2.82. The van der Waals surface area contributed by atoms with Crippen LogP contribution in [0.2, 0.25) is 0 Å². The molecule has 146 valence electrons. The molecule has 2 heterocycles. The highest BCUT2D eigenvalue weighted by Gasteiger charge is 2.38. The maximum Gasteiger partial charge on any atom is 0.250 e. The highest BCUT2D eigenvalue weighted by Crippen LogP contribution is 2.32. The van der Waals surface area contributed by atoms with Crippen molar-refractivity contribution in [3.8, 4) is 0 Å². The van der Waals surface area contributed by atoms with Gasteiger partial charge >= 0.3 is 0 Å². The third kappa shape index (κ3) is 3.49. The molecule has 1 fully saturated rings. The van der Waals surface area contributed by atoms with Gasteiger partial charge in [-0.05, 0) is 29.7 Å². The fraction of sp³-hybridized carbons (Fsp3) is 0.391. The Morgan fingerprint density at radius 3 is 2.29 bits per heavy atom. The maximum atomic E-state index is 13.5. The number of carbonyl (C=O) groups is 2. The molecule has 2 aliphatic heterocycles. The highest BCUT2D eigenvalue weighted by molar-refractivity contribution is 5.89. The number of amides is 2. The lowest BCUT2D eigenvalue weighted by molar-refractivity contribution is -0.147. The van der Waals surface area contributed by atoms with Crippen LogP contribution in [0, 0.1) is 0 Å². The van der Waals surface area contributed by atoms with Gasteiger partial charge in [0.2, 0.25) is 11.8 Å². The highest BCUT2D eigenvalue weighted by atomic mass is 16.2. The number of hydrogen-bond acceptors (Lipinski definition) is 3.